The van der Waals surface area contributed by atoms with Crippen LogP contribution >= 0.6 is 0 Å². The van der Waals surface area contributed by atoms with E-state index in [0.717, 1.165) is 21.9 Å². The molecule has 0 amide bonds. The zero-order chi connectivity index (χ0) is 21.1. The molecular weight excluding hydrogens is 380 g/mol. The molecule has 0 N–H and O–H groups in total. The third kappa shape index (κ3) is 2.59. The van der Waals surface area contributed by atoms with E-state index in [-0.39, 0.29) is 6.17 Å². The van der Waals surface area contributed by atoms with Crippen LogP contribution in [0.3, 0.4) is 0 Å². The molecule has 3 heteroatoms. The van der Waals surface area contributed by atoms with Gasteiger partial charge in [-0.05, 0) is 49.7 Å². The molecule has 0 spiro atoms. The Morgan fingerprint density at radius 1 is 0.677 bits per heavy atom. The van der Waals surface area contributed by atoms with Gasteiger partial charge in [-0.15, -0.1) is 0 Å². The van der Waals surface area contributed by atoms with E-state index in [9.17, 15) is 0 Å². The summed E-state index contributed by atoms with van der Waals surface area (Å²) in [6, 6.07) is 30.2. The topological polar surface area (TPSA) is 19.6 Å². The van der Waals surface area contributed by atoms with Crippen LogP contribution in [0.1, 0.15) is 12.5 Å². The third-order valence-electron chi connectivity index (χ3n) is 6.63. The van der Waals surface area contributed by atoms with Crippen molar-refractivity contribution in [2.75, 3.05) is 16.8 Å². The number of hydrogen-bond donors (Lipinski definition) is 0. The van der Waals surface area contributed by atoms with Crippen LogP contribution in [0.25, 0.3) is 33.1 Å². The van der Waals surface area contributed by atoms with Gasteiger partial charge in [-0.25, -0.2) is 0 Å². The number of aryl methyl sites for hydroxylation is 1. The molecule has 0 radical (unpaired) electrons. The lowest BCUT2D eigenvalue weighted by molar-refractivity contribution is 0.668. The van der Waals surface area contributed by atoms with Gasteiger partial charge in [-0.1, -0.05) is 54.6 Å². The maximum Gasteiger partial charge on any atom is 0.135 e. The summed E-state index contributed by atoms with van der Waals surface area (Å²) in [4.78, 5) is 4.83. The zero-order valence-electron chi connectivity index (χ0n) is 18.0. The summed E-state index contributed by atoms with van der Waals surface area (Å²) in [7, 11) is 2.18. The van der Waals surface area contributed by atoms with Crippen LogP contribution in [0.4, 0.5) is 17.1 Å². The molecule has 0 fully saturated rings. The first-order valence-corrected chi connectivity index (χ1v) is 10.8. The molecule has 1 aliphatic rings. The molecule has 0 unspecified atom stereocenters. The second kappa shape index (κ2) is 6.64. The standard InChI is InChI=1S/C28H24N2O/c1-18-16-28-23(22-12-6-9-15-27(22)31-28)17-26(18)30-19(2)29(3)24-13-7-4-10-20(24)21-11-5-8-14-25(21)30/h4-17,19H,1-3H3/t19-/m0/s1. The van der Waals surface area contributed by atoms with Crippen molar-refractivity contribution in [3.05, 3.63) is 90.5 Å². The Kier molecular flexibility index (Phi) is 3.87. The van der Waals surface area contributed by atoms with Crippen LogP contribution in [-0.4, -0.2) is 13.2 Å². The van der Waals surface area contributed by atoms with E-state index in [4.69, 9.17) is 4.42 Å². The highest BCUT2D eigenvalue weighted by Crippen LogP contribution is 2.46. The van der Waals surface area contributed by atoms with Crippen molar-refractivity contribution in [1.29, 1.82) is 0 Å². The Labute approximate surface area is 182 Å². The number of para-hydroxylation sites is 3. The van der Waals surface area contributed by atoms with E-state index in [1.165, 1.54) is 33.8 Å². The Balaban J connectivity index is 1.65. The van der Waals surface area contributed by atoms with Gasteiger partial charge in [0.15, 0.2) is 0 Å². The van der Waals surface area contributed by atoms with Gasteiger partial charge >= 0.3 is 0 Å². The van der Waals surface area contributed by atoms with Gasteiger partial charge in [0.2, 0.25) is 0 Å². The summed E-state index contributed by atoms with van der Waals surface area (Å²) in [6.45, 7) is 4.45. The van der Waals surface area contributed by atoms with Crippen molar-refractivity contribution < 1.29 is 4.42 Å². The molecule has 1 atom stereocenters. The van der Waals surface area contributed by atoms with E-state index in [1.807, 2.05) is 12.1 Å². The van der Waals surface area contributed by atoms with Gasteiger partial charge in [0.25, 0.3) is 0 Å². The summed E-state index contributed by atoms with van der Waals surface area (Å²) < 4.78 is 6.14. The molecular formula is C28H24N2O. The predicted molar refractivity (Wildman–Crippen MR) is 130 cm³/mol. The second-order valence-electron chi connectivity index (χ2n) is 8.38. The van der Waals surface area contributed by atoms with Crippen LogP contribution in [0.2, 0.25) is 0 Å². The van der Waals surface area contributed by atoms with E-state index in [0.29, 0.717) is 0 Å². The van der Waals surface area contributed by atoms with Crippen LogP contribution in [0, 0.1) is 6.92 Å². The zero-order valence-corrected chi connectivity index (χ0v) is 18.0. The molecule has 152 valence electrons. The van der Waals surface area contributed by atoms with Gasteiger partial charge in [0.05, 0.1) is 5.69 Å². The highest BCUT2D eigenvalue weighted by molar-refractivity contribution is 6.07. The summed E-state index contributed by atoms with van der Waals surface area (Å²) in [6.07, 6.45) is 0.138. The monoisotopic (exact) mass is 404 g/mol. The average molecular weight is 405 g/mol. The summed E-state index contributed by atoms with van der Waals surface area (Å²) in [5.41, 5.74) is 9.27. The van der Waals surface area contributed by atoms with Crippen molar-refractivity contribution in [1.82, 2.24) is 0 Å². The number of fused-ring (bicyclic) bond motifs is 6. The second-order valence-corrected chi connectivity index (χ2v) is 8.38. The first-order chi connectivity index (χ1) is 15.1. The van der Waals surface area contributed by atoms with E-state index in [1.54, 1.807) is 0 Å². The molecule has 5 aromatic rings. The smallest absolute Gasteiger partial charge is 0.135 e. The van der Waals surface area contributed by atoms with Crippen LogP contribution in [-0.2, 0) is 0 Å². The predicted octanol–water partition coefficient (Wildman–Crippen LogP) is 7.50. The van der Waals surface area contributed by atoms with Crippen molar-refractivity contribution in [3.63, 3.8) is 0 Å². The fourth-order valence-electron chi connectivity index (χ4n) is 4.95. The molecule has 1 aliphatic heterocycles. The Morgan fingerprint density at radius 2 is 1.32 bits per heavy atom. The van der Waals surface area contributed by atoms with Crippen LogP contribution < -0.4 is 9.80 Å². The summed E-state index contributed by atoms with van der Waals surface area (Å²) >= 11 is 0. The average Bonchev–Trinajstić information content (AvgIpc) is 3.12. The molecule has 0 aliphatic carbocycles. The molecule has 2 heterocycles. The van der Waals surface area contributed by atoms with Crippen LogP contribution in [0.5, 0.6) is 0 Å². The van der Waals surface area contributed by atoms with Gasteiger partial charge in [-0.2, -0.15) is 0 Å². The van der Waals surface area contributed by atoms with E-state index in [2.05, 4.69) is 103 Å². The highest BCUT2D eigenvalue weighted by atomic mass is 16.3. The number of benzene rings is 4. The lowest BCUT2D eigenvalue weighted by Crippen LogP contribution is -2.41. The number of hydrogen-bond acceptors (Lipinski definition) is 3. The van der Waals surface area contributed by atoms with Crippen molar-refractivity contribution >= 4 is 39.0 Å². The minimum Gasteiger partial charge on any atom is -0.456 e. The van der Waals surface area contributed by atoms with Crippen LogP contribution in [0.15, 0.2) is 89.3 Å². The fraction of sp³-hybridized carbons (Fsp3) is 0.143. The van der Waals surface area contributed by atoms with Gasteiger partial charge in [-0.3, -0.25) is 0 Å². The molecule has 1 aromatic heterocycles. The molecule has 31 heavy (non-hydrogen) atoms. The number of rotatable bonds is 1. The molecule has 0 bridgehead atoms. The Hall–Kier alpha value is -3.72. The first kappa shape index (κ1) is 18.1. The molecule has 4 aromatic carbocycles. The van der Waals surface area contributed by atoms with Gasteiger partial charge in [0.1, 0.15) is 17.3 Å². The number of anilines is 3. The quantitative estimate of drug-likeness (QED) is 0.288. The van der Waals surface area contributed by atoms with Gasteiger partial charge in [0, 0.05) is 40.3 Å². The largest absolute Gasteiger partial charge is 0.456 e. The molecule has 6 rings (SSSR count). The molecule has 0 saturated carbocycles. The maximum absolute atomic E-state index is 6.14. The first-order valence-electron chi connectivity index (χ1n) is 10.8. The lowest BCUT2D eigenvalue weighted by Gasteiger charge is -2.37. The summed E-state index contributed by atoms with van der Waals surface area (Å²) in [5.74, 6) is 0. The fourth-order valence-corrected chi connectivity index (χ4v) is 4.95. The Morgan fingerprint density at radius 3 is 2.13 bits per heavy atom. The van der Waals surface area contributed by atoms with E-state index < -0.39 is 0 Å². The minimum atomic E-state index is 0.138. The summed E-state index contributed by atoms with van der Waals surface area (Å²) in [5, 5.41) is 2.32. The SMILES string of the molecule is Cc1cc2oc3ccccc3c2cc1N1c2ccccc2-c2ccccc2N(C)[C@@H]1C. The third-order valence-corrected chi connectivity index (χ3v) is 6.63. The van der Waals surface area contributed by atoms with Crippen molar-refractivity contribution in [3.8, 4) is 11.1 Å². The van der Waals surface area contributed by atoms with E-state index >= 15 is 0 Å². The minimum absolute atomic E-state index is 0.138. The van der Waals surface area contributed by atoms with Crippen molar-refractivity contribution in [2.45, 2.75) is 20.0 Å². The van der Waals surface area contributed by atoms with Crippen molar-refractivity contribution in [2.24, 2.45) is 0 Å². The van der Waals surface area contributed by atoms with Gasteiger partial charge < -0.3 is 14.2 Å². The lowest BCUT2D eigenvalue weighted by atomic mass is 10.0. The molecule has 3 nitrogen and oxygen atoms in total. The number of nitrogens with zero attached hydrogens (tertiary/aromatic N) is 2. The normalized spacial score (nSPS) is 15.8. The maximum atomic E-state index is 6.14. The number of furan rings is 1. The highest BCUT2D eigenvalue weighted by Gasteiger charge is 2.30. The Bertz CT molecular complexity index is 1450. The molecule has 0 saturated heterocycles.